The van der Waals surface area contributed by atoms with Gasteiger partial charge in [0.25, 0.3) is 11.6 Å². The molecule has 0 bridgehead atoms. The fourth-order valence-corrected chi connectivity index (χ4v) is 3.76. The molecule has 9 nitrogen and oxygen atoms in total. The highest BCUT2D eigenvalue weighted by Gasteiger charge is 2.25. The Morgan fingerprint density at radius 3 is 2.53 bits per heavy atom. The SMILES string of the molecule is Cc1cc(CN2CCN(C(=O)c3ccc(NCc4ccccc4)c([N+](=O)[O-])c3)CC2)on1. The summed E-state index contributed by atoms with van der Waals surface area (Å²) in [5.74, 6) is 0.606. The molecule has 1 amide bonds. The number of rotatable bonds is 7. The molecule has 9 heteroatoms. The van der Waals surface area contributed by atoms with Crippen molar-refractivity contribution < 1.29 is 14.2 Å². The van der Waals surface area contributed by atoms with E-state index in [-0.39, 0.29) is 11.6 Å². The summed E-state index contributed by atoms with van der Waals surface area (Å²) >= 11 is 0. The minimum absolute atomic E-state index is 0.105. The van der Waals surface area contributed by atoms with Crippen LogP contribution >= 0.6 is 0 Å². The van der Waals surface area contributed by atoms with Crippen LogP contribution in [0.2, 0.25) is 0 Å². The molecule has 0 aliphatic carbocycles. The molecule has 166 valence electrons. The topological polar surface area (TPSA) is 105 Å². The average molecular weight is 435 g/mol. The Bertz CT molecular complexity index is 1090. The highest BCUT2D eigenvalue weighted by atomic mass is 16.6. The van der Waals surface area contributed by atoms with E-state index in [9.17, 15) is 14.9 Å². The largest absolute Gasteiger partial charge is 0.375 e. The van der Waals surface area contributed by atoms with Crippen molar-refractivity contribution in [1.29, 1.82) is 0 Å². The number of amides is 1. The van der Waals surface area contributed by atoms with Gasteiger partial charge in [-0.25, -0.2) is 0 Å². The smallest absolute Gasteiger partial charge is 0.293 e. The van der Waals surface area contributed by atoms with E-state index >= 15 is 0 Å². The van der Waals surface area contributed by atoms with Crippen molar-refractivity contribution in [3.8, 4) is 0 Å². The van der Waals surface area contributed by atoms with E-state index in [1.54, 1.807) is 17.0 Å². The molecule has 0 radical (unpaired) electrons. The summed E-state index contributed by atoms with van der Waals surface area (Å²) in [5, 5.41) is 18.6. The first kappa shape index (κ1) is 21.5. The minimum atomic E-state index is -0.457. The second-order valence-corrected chi connectivity index (χ2v) is 7.83. The molecule has 3 aromatic rings. The van der Waals surface area contributed by atoms with Crippen LogP contribution in [0.3, 0.4) is 0 Å². The Morgan fingerprint density at radius 1 is 1.12 bits per heavy atom. The molecule has 4 rings (SSSR count). The molecule has 1 aliphatic heterocycles. The predicted molar refractivity (Wildman–Crippen MR) is 119 cm³/mol. The van der Waals surface area contributed by atoms with Crippen molar-refractivity contribution >= 4 is 17.3 Å². The van der Waals surface area contributed by atoms with Crippen molar-refractivity contribution in [1.82, 2.24) is 15.0 Å². The average Bonchev–Trinajstić information content (AvgIpc) is 3.22. The number of carbonyl (C=O) groups is 1. The molecule has 0 atom stereocenters. The molecule has 1 aliphatic rings. The Kier molecular flexibility index (Phi) is 6.46. The number of piperazine rings is 1. The van der Waals surface area contributed by atoms with Crippen molar-refractivity contribution in [2.45, 2.75) is 20.0 Å². The summed E-state index contributed by atoms with van der Waals surface area (Å²) in [5.41, 5.74) is 2.47. The Hall–Kier alpha value is -3.72. The van der Waals surface area contributed by atoms with Crippen LogP contribution in [0.15, 0.2) is 59.1 Å². The van der Waals surface area contributed by atoms with Gasteiger partial charge in [-0.05, 0) is 24.6 Å². The highest BCUT2D eigenvalue weighted by Crippen LogP contribution is 2.27. The lowest BCUT2D eigenvalue weighted by Gasteiger charge is -2.34. The summed E-state index contributed by atoms with van der Waals surface area (Å²) < 4.78 is 5.26. The number of hydrogen-bond acceptors (Lipinski definition) is 7. The Balaban J connectivity index is 1.39. The lowest BCUT2D eigenvalue weighted by atomic mass is 10.1. The molecular formula is C23H25N5O4. The van der Waals surface area contributed by atoms with Crippen LogP contribution in [0.5, 0.6) is 0 Å². The zero-order valence-electron chi connectivity index (χ0n) is 17.9. The summed E-state index contributed by atoms with van der Waals surface area (Å²) in [7, 11) is 0. The van der Waals surface area contributed by atoms with Crippen LogP contribution in [0.25, 0.3) is 0 Å². The summed E-state index contributed by atoms with van der Waals surface area (Å²) in [4.78, 5) is 28.1. The van der Waals surface area contributed by atoms with Crippen molar-refractivity contribution in [3.63, 3.8) is 0 Å². The van der Waals surface area contributed by atoms with Gasteiger partial charge in [0.05, 0.1) is 17.2 Å². The van der Waals surface area contributed by atoms with Crippen LogP contribution in [0.4, 0.5) is 11.4 Å². The van der Waals surface area contributed by atoms with Gasteiger partial charge in [0, 0.05) is 50.4 Å². The van der Waals surface area contributed by atoms with Crippen molar-refractivity contribution in [2.24, 2.45) is 0 Å². The maximum Gasteiger partial charge on any atom is 0.293 e. The normalized spacial score (nSPS) is 14.3. The van der Waals surface area contributed by atoms with E-state index in [0.29, 0.717) is 50.5 Å². The van der Waals surface area contributed by atoms with E-state index in [0.717, 1.165) is 17.0 Å². The molecule has 0 spiro atoms. The number of anilines is 1. The molecule has 1 fully saturated rings. The zero-order valence-corrected chi connectivity index (χ0v) is 17.9. The number of hydrogen-bond donors (Lipinski definition) is 1. The number of carbonyl (C=O) groups excluding carboxylic acids is 1. The standard InChI is InChI=1S/C23H25N5O4/c1-17-13-20(32-25-17)16-26-9-11-27(12-10-26)23(29)19-7-8-21(22(14-19)28(30)31)24-15-18-5-3-2-4-6-18/h2-8,13-14,24H,9-12,15-16H2,1H3. The fraction of sp³-hybridized carbons (Fsp3) is 0.304. The number of aryl methyl sites for hydroxylation is 1. The van der Waals surface area contributed by atoms with Crippen LogP contribution in [0.1, 0.15) is 27.4 Å². The summed E-state index contributed by atoms with van der Waals surface area (Å²) in [6.45, 7) is 5.49. The second-order valence-electron chi connectivity index (χ2n) is 7.83. The van der Waals surface area contributed by atoms with E-state index in [2.05, 4.69) is 15.4 Å². The first-order valence-corrected chi connectivity index (χ1v) is 10.5. The Labute approximate surface area is 185 Å². The van der Waals surface area contributed by atoms with E-state index in [1.165, 1.54) is 6.07 Å². The van der Waals surface area contributed by atoms with Crippen LogP contribution in [-0.4, -0.2) is 52.0 Å². The number of nitro benzene ring substituents is 1. The van der Waals surface area contributed by atoms with Gasteiger partial charge in [-0.3, -0.25) is 19.8 Å². The molecular weight excluding hydrogens is 410 g/mol. The fourth-order valence-electron chi connectivity index (χ4n) is 3.76. The lowest BCUT2D eigenvalue weighted by molar-refractivity contribution is -0.384. The monoisotopic (exact) mass is 435 g/mol. The van der Waals surface area contributed by atoms with E-state index in [1.807, 2.05) is 43.3 Å². The second kappa shape index (κ2) is 9.61. The first-order chi connectivity index (χ1) is 15.5. The molecule has 0 unspecified atom stereocenters. The molecule has 1 aromatic heterocycles. The lowest BCUT2D eigenvalue weighted by Crippen LogP contribution is -2.48. The summed E-state index contributed by atoms with van der Waals surface area (Å²) in [6, 6.07) is 16.2. The molecule has 1 N–H and O–H groups in total. The number of nitro groups is 1. The Morgan fingerprint density at radius 2 is 1.88 bits per heavy atom. The van der Waals surface area contributed by atoms with Gasteiger partial charge in [0.15, 0.2) is 5.76 Å². The van der Waals surface area contributed by atoms with Crippen LogP contribution in [0, 0.1) is 17.0 Å². The number of aromatic nitrogens is 1. The van der Waals surface area contributed by atoms with Gasteiger partial charge >= 0.3 is 0 Å². The third kappa shape index (κ3) is 5.12. The van der Waals surface area contributed by atoms with Crippen LogP contribution < -0.4 is 5.32 Å². The van der Waals surface area contributed by atoms with Gasteiger partial charge in [-0.2, -0.15) is 0 Å². The van der Waals surface area contributed by atoms with Crippen molar-refractivity contribution in [3.05, 3.63) is 87.3 Å². The third-order valence-corrected chi connectivity index (χ3v) is 5.48. The highest BCUT2D eigenvalue weighted by molar-refractivity contribution is 5.95. The molecule has 0 saturated carbocycles. The summed E-state index contributed by atoms with van der Waals surface area (Å²) in [6.07, 6.45) is 0. The minimum Gasteiger partial charge on any atom is -0.375 e. The first-order valence-electron chi connectivity index (χ1n) is 10.5. The molecule has 1 saturated heterocycles. The molecule has 2 aromatic carbocycles. The number of nitrogens with one attached hydrogen (secondary N) is 1. The van der Waals surface area contributed by atoms with Crippen molar-refractivity contribution in [2.75, 3.05) is 31.5 Å². The van der Waals surface area contributed by atoms with Gasteiger partial charge in [-0.1, -0.05) is 35.5 Å². The third-order valence-electron chi connectivity index (χ3n) is 5.48. The predicted octanol–water partition coefficient (Wildman–Crippen LogP) is 3.46. The number of nitrogens with zero attached hydrogens (tertiary/aromatic N) is 4. The van der Waals surface area contributed by atoms with Gasteiger partial charge < -0.3 is 14.7 Å². The maximum absolute atomic E-state index is 13.0. The number of benzene rings is 2. The van der Waals surface area contributed by atoms with Gasteiger partial charge in [0.1, 0.15) is 5.69 Å². The molecule has 32 heavy (non-hydrogen) atoms. The van der Waals surface area contributed by atoms with E-state index < -0.39 is 4.92 Å². The van der Waals surface area contributed by atoms with Gasteiger partial charge in [-0.15, -0.1) is 0 Å². The van der Waals surface area contributed by atoms with Gasteiger partial charge in [0.2, 0.25) is 0 Å². The molecule has 2 heterocycles. The maximum atomic E-state index is 13.0. The van der Waals surface area contributed by atoms with Crippen LogP contribution in [-0.2, 0) is 13.1 Å². The quantitative estimate of drug-likeness (QED) is 0.448. The van der Waals surface area contributed by atoms with E-state index in [4.69, 9.17) is 4.52 Å². The zero-order chi connectivity index (χ0) is 22.5.